The Balaban J connectivity index is 1.88. The number of carbonyl (C=O) groups excluding carboxylic acids is 2. The molecule has 3 aromatic rings. The number of aromatic nitrogens is 2. The SMILES string of the molecule is COC(=O)c1ccc(C)c(NC(=O)c2cn3ccccc3n2)c1. The summed E-state index contributed by atoms with van der Waals surface area (Å²) >= 11 is 0. The molecule has 23 heavy (non-hydrogen) atoms. The van der Waals surface area contributed by atoms with Crippen molar-refractivity contribution in [3.05, 3.63) is 65.6 Å². The summed E-state index contributed by atoms with van der Waals surface area (Å²) in [6.45, 7) is 1.85. The van der Waals surface area contributed by atoms with Crippen LogP contribution in [0.25, 0.3) is 5.65 Å². The number of methoxy groups -OCH3 is 1. The number of carbonyl (C=O) groups is 2. The Morgan fingerprint density at radius 1 is 1.22 bits per heavy atom. The van der Waals surface area contributed by atoms with Gasteiger partial charge in [-0.3, -0.25) is 4.79 Å². The van der Waals surface area contributed by atoms with E-state index < -0.39 is 5.97 Å². The third-order valence-corrected chi connectivity index (χ3v) is 3.50. The first kappa shape index (κ1) is 14.8. The first-order chi connectivity index (χ1) is 11.1. The van der Waals surface area contributed by atoms with Crippen LogP contribution in [0.4, 0.5) is 5.69 Å². The van der Waals surface area contributed by atoms with E-state index >= 15 is 0 Å². The molecule has 116 valence electrons. The Labute approximate surface area is 132 Å². The van der Waals surface area contributed by atoms with E-state index in [9.17, 15) is 9.59 Å². The Morgan fingerprint density at radius 3 is 2.78 bits per heavy atom. The minimum atomic E-state index is -0.451. The van der Waals surface area contributed by atoms with Crippen LogP contribution in [0.5, 0.6) is 0 Å². The number of pyridine rings is 1. The van der Waals surface area contributed by atoms with E-state index in [0.29, 0.717) is 22.6 Å². The van der Waals surface area contributed by atoms with Crippen LogP contribution in [0.3, 0.4) is 0 Å². The molecule has 0 aliphatic rings. The van der Waals surface area contributed by atoms with Crippen molar-refractivity contribution in [2.75, 3.05) is 12.4 Å². The maximum atomic E-state index is 12.4. The van der Waals surface area contributed by atoms with Crippen LogP contribution in [0.2, 0.25) is 0 Å². The molecule has 1 aromatic carbocycles. The van der Waals surface area contributed by atoms with Crippen LogP contribution in [0.15, 0.2) is 48.8 Å². The van der Waals surface area contributed by atoms with Gasteiger partial charge in [0.25, 0.3) is 5.91 Å². The van der Waals surface area contributed by atoms with Gasteiger partial charge in [-0.1, -0.05) is 12.1 Å². The highest BCUT2D eigenvalue weighted by molar-refractivity contribution is 6.04. The van der Waals surface area contributed by atoms with E-state index in [2.05, 4.69) is 10.3 Å². The van der Waals surface area contributed by atoms with Gasteiger partial charge in [-0.05, 0) is 36.8 Å². The van der Waals surface area contributed by atoms with Crippen LogP contribution in [0.1, 0.15) is 26.4 Å². The third-order valence-electron chi connectivity index (χ3n) is 3.50. The summed E-state index contributed by atoms with van der Waals surface area (Å²) in [4.78, 5) is 28.3. The lowest BCUT2D eigenvalue weighted by atomic mass is 10.1. The number of ether oxygens (including phenoxy) is 1. The summed E-state index contributed by atoms with van der Waals surface area (Å²) in [5, 5.41) is 2.78. The van der Waals surface area contributed by atoms with Crippen molar-refractivity contribution in [1.29, 1.82) is 0 Å². The molecule has 0 fully saturated rings. The zero-order chi connectivity index (χ0) is 16.4. The lowest BCUT2D eigenvalue weighted by Crippen LogP contribution is -2.14. The zero-order valence-electron chi connectivity index (χ0n) is 12.7. The lowest BCUT2D eigenvalue weighted by Gasteiger charge is -2.09. The van der Waals surface area contributed by atoms with Gasteiger partial charge in [0.1, 0.15) is 11.3 Å². The fourth-order valence-corrected chi connectivity index (χ4v) is 2.23. The number of benzene rings is 1. The predicted molar refractivity (Wildman–Crippen MR) is 85.7 cm³/mol. The number of anilines is 1. The summed E-state index contributed by atoms with van der Waals surface area (Å²) in [7, 11) is 1.32. The number of hydrogen-bond acceptors (Lipinski definition) is 4. The zero-order valence-corrected chi connectivity index (χ0v) is 12.7. The second-order valence-electron chi connectivity index (χ2n) is 5.07. The van der Waals surface area contributed by atoms with Crippen molar-refractivity contribution in [2.24, 2.45) is 0 Å². The molecule has 2 heterocycles. The number of nitrogens with zero attached hydrogens (tertiary/aromatic N) is 2. The van der Waals surface area contributed by atoms with E-state index in [1.54, 1.807) is 28.8 Å². The number of nitrogens with one attached hydrogen (secondary N) is 1. The second-order valence-corrected chi connectivity index (χ2v) is 5.07. The maximum Gasteiger partial charge on any atom is 0.337 e. The molecule has 0 aliphatic heterocycles. The number of imidazole rings is 1. The first-order valence-corrected chi connectivity index (χ1v) is 7.02. The first-order valence-electron chi connectivity index (χ1n) is 7.02. The molecule has 6 nitrogen and oxygen atoms in total. The Hall–Kier alpha value is -3.15. The Kier molecular flexibility index (Phi) is 3.80. The fourth-order valence-electron chi connectivity index (χ4n) is 2.23. The fraction of sp³-hybridized carbons (Fsp3) is 0.118. The molecule has 0 bridgehead atoms. The van der Waals surface area contributed by atoms with Crippen LogP contribution >= 0.6 is 0 Å². The summed E-state index contributed by atoms with van der Waals surface area (Å²) < 4.78 is 6.46. The largest absolute Gasteiger partial charge is 0.465 e. The van der Waals surface area contributed by atoms with Crippen molar-refractivity contribution < 1.29 is 14.3 Å². The Bertz CT molecular complexity index is 866. The summed E-state index contributed by atoms with van der Waals surface area (Å²) in [5.74, 6) is -0.785. The van der Waals surface area contributed by atoms with Crippen molar-refractivity contribution in [1.82, 2.24) is 9.38 Å². The van der Waals surface area contributed by atoms with Gasteiger partial charge in [-0.25, -0.2) is 9.78 Å². The molecule has 0 spiro atoms. The molecular weight excluding hydrogens is 294 g/mol. The van der Waals surface area contributed by atoms with Crippen LogP contribution in [-0.2, 0) is 4.74 Å². The van der Waals surface area contributed by atoms with Gasteiger partial charge < -0.3 is 14.5 Å². The van der Waals surface area contributed by atoms with Gasteiger partial charge in [0.2, 0.25) is 0 Å². The Morgan fingerprint density at radius 2 is 2.04 bits per heavy atom. The van der Waals surface area contributed by atoms with Gasteiger partial charge in [0.05, 0.1) is 12.7 Å². The lowest BCUT2D eigenvalue weighted by molar-refractivity contribution is 0.0600. The maximum absolute atomic E-state index is 12.4. The van der Waals surface area contributed by atoms with Crippen LogP contribution in [0, 0.1) is 6.92 Å². The average Bonchev–Trinajstić information content (AvgIpc) is 3.00. The number of fused-ring (bicyclic) bond motifs is 1. The molecule has 0 atom stereocenters. The number of aryl methyl sites for hydroxylation is 1. The quantitative estimate of drug-likeness (QED) is 0.755. The molecule has 0 unspecified atom stereocenters. The van der Waals surface area contributed by atoms with Crippen LogP contribution < -0.4 is 5.32 Å². The molecule has 2 aromatic heterocycles. The summed E-state index contributed by atoms with van der Waals surface area (Å²) in [5.41, 5.74) is 2.77. The average molecular weight is 309 g/mol. The van der Waals surface area contributed by atoms with Crippen molar-refractivity contribution in [3.8, 4) is 0 Å². The minimum absolute atomic E-state index is 0.305. The molecule has 0 radical (unpaired) electrons. The molecule has 3 rings (SSSR count). The minimum Gasteiger partial charge on any atom is -0.465 e. The molecular formula is C17H15N3O3. The van der Waals surface area contributed by atoms with Gasteiger partial charge in [0, 0.05) is 18.1 Å². The predicted octanol–water partition coefficient (Wildman–Crippen LogP) is 2.68. The van der Waals surface area contributed by atoms with Gasteiger partial charge in [0.15, 0.2) is 0 Å². The number of amides is 1. The molecule has 6 heteroatoms. The topological polar surface area (TPSA) is 72.7 Å². The molecule has 1 N–H and O–H groups in total. The smallest absolute Gasteiger partial charge is 0.337 e. The standard InChI is InChI=1S/C17H15N3O3/c1-11-6-7-12(17(22)23-2)9-13(11)19-16(21)14-10-20-8-4-3-5-15(20)18-14/h3-10H,1-2H3,(H,19,21). The normalized spacial score (nSPS) is 10.5. The second kappa shape index (κ2) is 5.92. The van der Waals surface area contributed by atoms with E-state index in [-0.39, 0.29) is 5.91 Å². The van der Waals surface area contributed by atoms with Gasteiger partial charge in [-0.2, -0.15) is 0 Å². The summed E-state index contributed by atoms with van der Waals surface area (Å²) in [6, 6.07) is 10.5. The molecule has 0 saturated carbocycles. The summed E-state index contributed by atoms with van der Waals surface area (Å²) in [6.07, 6.45) is 3.48. The van der Waals surface area contributed by atoms with Gasteiger partial charge in [-0.15, -0.1) is 0 Å². The highest BCUT2D eigenvalue weighted by atomic mass is 16.5. The molecule has 1 amide bonds. The number of rotatable bonds is 3. The van der Waals surface area contributed by atoms with Crippen molar-refractivity contribution in [2.45, 2.75) is 6.92 Å². The van der Waals surface area contributed by atoms with Crippen molar-refractivity contribution >= 4 is 23.2 Å². The highest BCUT2D eigenvalue weighted by Gasteiger charge is 2.14. The van der Waals surface area contributed by atoms with E-state index in [1.165, 1.54) is 7.11 Å². The molecule has 0 aliphatic carbocycles. The number of hydrogen-bond donors (Lipinski definition) is 1. The van der Waals surface area contributed by atoms with Gasteiger partial charge >= 0.3 is 5.97 Å². The molecule has 0 saturated heterocycles. The van der Waals surface area contributed by atoms with Crippen LogP contribution in [-0.4, -0.2) is 28.4 Å². The van der Waals surface area contributed by atoms with E-state index in [1.807, 2.05) is 31.3 Å². The highest BCUT2D eigenvalue weighted by Crippen LogP contribution is 2.18. The van der Waals surface area contributed by atoms with E-state index in [0.717, 1.165) is 5.56 Å². The number of esters is 1. The van der Waals surface area contributed by atoms with E-state index in [4.69, 9.17) is 4.74 Å². The third kappa shape index (κ3) is 2.91. The van der Waals surface area contributed by atoms with Crippen molar-refractivity contribution in [3.63, 3.8) is 0 Å². The monoisotopic (exact) mass is 309 g/mol.